The van der Waals surface area contributed by atoms with Crippen LogP contribution < -0.4 is 0 Å². The van der Waals surface area contributed by atoms with E-state index in [9.17, 15) is 19.3 Å². The number of carboxylic acid groups (broad SMARTS) is 1. The maximum atomic E-state index is 13.3. The molecule has 0 aliphatic rings. The predicted octanol–water partition coefficient (Wildman–Crippen LogP) is 2.93. The number of hydrogen-bond donors (Lipinski definition) is 1. The van der Waals surface area contributed by atoms with Crippen LogP contribution in [0.4, 0.5) is 10.1 Å². The minimum Gasteiger partial charge on any atom is -0.478 e. The van der Waals surface area contributed by atoms with Crippen LogP contribution in [0.1, 0.15) is 24.2 Å². The molecular formula is C10H10FNO4S. The lowest BCUT2D eigenvalue weighted by Gasteiger charge is -2.07. The summed E-state index contributed by atoms with van der Waals surface area (Å²) < 4.78 is 13.3. The number of nitro groups is 1. The number of rotatable bonds is 4. The number of aromatic carboxylic acids is 1. The molecule has 92 valence electrons. The van der Waals surface area contributed by atoms with Crippen LogP contribution >= 0.6 is 11.8 Å². The normalized spacial score (nSPS) is 10.6. The lowest BCUT2D eigenvalue weighted by Crippen LogP contribution is -2.04. The van der Waals surface area contributed by atoms with E-state index in [-0.39, 0.29) is 10.1 Å². The van der Waals surface area contributed by atoms with Gasteiger partial charge in [-0.05, 0) is 6.07 Å². The average molecular weight is 259 g/mol. The van der Waals surface area contributed by atoms with E-state index in [4.69, 9.17) is 5.11 Å². The molecule has 0 aliphatic heterocycles. The third-order valence-corrected chi connectivity index (χ3v) is 2.89. The fraction of sp³-hybridized carbons (Fsp3) is 0.300. The highest BCUT2D eigenvalue weighted by molar-refractivity contribution is 8.00. The molecular weight excluding hydrogens is 249 g/mol. The molecule has 0 bridgehead atoms. The summed E-state index contributed by atoms with van der Waals surface area (Å²) in [7, 11) is 0. The lowest BCUT2D eigenvalue weighted by atomic mass is 10.2. The van der Waals surface area contributed by atoms with E-state index in [1.165, 1.54) is 0 Å². The van der Waals surface area contributed by atoms with Crippen LogP contribution in [0.2, 0.25) is 0 Å². The quantitative estimate of drug-likeness (QED) is 0.510. The molecule has 7 heteroatoms. The Morgan fingerprint density at radius 2 is 2.12 bits per heavy atom. The highest BCUT2D eigenvalue weighted by Crippen LogP contribution is 2.34. The maximum Gasteiger partial charge on any atom is 0.338 e. The first-order valence-electron chi connectivity index (χ1n) is 4.70. The SMILES string of the molecule is CC(C)Sc1cc(C(=O)O)c(F)cc1[N+](=O)[O-]. The van der Waals surface area contributed by atoms with Crippen LogP contribution in [-0.4, -0.2) is 21.2 Å². The molecule has 1 aromatic rings. The topological polar surface area (TPSA) is 80.4 Å². The van der Waals surface area contributed by atoms with E-state index >= 15 is 0 Å². The van der Waals surface area contributed by atoms with Crippen LogP contribution in [0, 0.1) is 15.9 Å². The molecule has 0 fully saturated rings. The minimum atomic E-state index is -1.44. The smallest absolute Gasteiger partial charge is 0.338 e. The van der Waals surface area contributed by atoms with Crippen molar-refractivity contribution in [2.45, 2.75) is 24.0 Å². The Kier molecular flexibility index (Phi) is 4.06. The van der Waals surface area contributed by atoms with Crippen molar-refractivity contribution in [2.24, 2.45) is 0 Å². The van der Waals surface area contributed by atoms with Crippen LogP contribution in [0.25, 0.3) is 0 Å². The number of halogens is 1. The van der Waals surface area contributed by atoms with Crippen LogP contribution in [-0.2, 0) is 0 Å². The minimum absolute atomic E-state index is 0.0285. The molecule has 0 saturated carbocycles. The molecule has 1 aromatic carbocycles. The summed E-state index contributed by atoms with van der Waals surface area (Å²) in [6.45, 7) is 3.61. The molecule has 1 N–H and O–H groups in total. The van der Waals surface area contributed by atoms with Crippen molar-refractivity contribution in [3.8, 4) is 0 Å². The van der Waals surface area contributed by atoms with Gasteiger partial charge in [0.2, 0.25) is 0 Å². The third-order valence-electron chi connectivity index (χ3n) is 1.84. The van der Waals surface area contributed by atoms with Gasteiger partial charge in [0.05, 0.1) is 21.4 Å². The molecule has 0 saturated heterocycles. The standard InChI is InChI=1S/C10H10FNO4S/c1-5(2)17-9-3-6(10(13)14)7(11)4-8(9)12(15)16/h3-5H,1-2H3,(H,13,14). The fourth-order valence-corrected chi connectivity index (χ4v) is 2.15. The number of benzene rings is 1. The second-order valence-electron chi connectivity index (χ2n) is 3.53. The van der Waals surface area contributed by atoms with E-state index in [0.717, 1.165) is 17.8 Å². The van der Waals surface area contributed by atoms with Crippen LogP contribution in [0.3, 0.4) is 0 Å². The molecule has 0 unspecified atom stereocenters. The van der Waals surface area contributed by atoms with E-state index < -0.39 is 28.0 Å². The Morgan fingerprint density at radius 1 is 1.53 bits per heavy atom. The zero-order valence-corrected chi connectivity index (χ0v) is 9.95. The van der Waals surface area contributed by atoms with Gasteiger partial charge in [0.15, 0.2) is 0 Å². The molecule has 0 heterocycles. The number of hydrogen-bond acceptors (Lipinski definition) is 4. The first-order valence-corrected chi connectivity index (χ1v) is 5.58. The van der Waals surface area contributed by atoms with Gasteiger partial charge in [-0.2, -0.15) is 0 Å². The van der Waals surface area contributed by atoms with Crippen LogP contribution in [0.15, 0.2) is 17.0 Å². The highest BCUT2D eigenvalue weighted by atomic mass is 32.2. The molecule has 0 atom stereocenters. The van der Waals surface area contributed by atoms with E-state index in [0.29, 0.717) is 6.07 Å². The highest BCUT2D eigenvalue weighted by Gasteiger charge is 2.22. The summed E-state index contributed by atoms with van der Waals surface area (Å²) in [5.41, 5.74) is -0.968. The molecule has 0 aliphatic carbocycles. The van der Waals surface area contributed by atoms with Gasteiger partial charge >= 0.3 is 5.97 Å². The molecule has 5 nitrogen and oxygen atoms in total. The van der Waals surface area contributed by atoms with Crippen LogP contribution in [0.5, 0.6) is 0 Å². The Morgan fingerprint density at radius 3 is 2.53 bits per heavy atom. The zero-order valence-electron chi connectivity index (χ0n) is 9.14. The lowest BCUT2D eigenvalue weighted by molar-refractivity contribution is -0.387. The molecule has 0 radical (unpaired) electrons. The number of carbonyl (C=O) groups is 1. The van der Waals surface area contributed by atoms with Crippen molar-refractivity contribution < 1.29 is 19.2 Å². The molecule has 0 amide bonds. The first-order chi connectivity index (χ1) is 7.82. The summed E-state index contributed by atoms with van der Waals surface area (Å²) >= 11 is 1.12. The van der Waals surface area contributed by atoms with E-state index in [2.05, 4.69) is 0 Å². The van der Waals surface area contributed by atoms with Gasteiger partial charge in [0.1, 0.15) is 5.82 Å². The summed E-state index contributed by atoms with van der Waals surface area (Å²) in [5, 5.41) is 19.5. The van der Waals surface area contributed by atoms with Gasteiger partial charge in [-0.1, -0.05) is 13.8 Å². The van der Waals surface area contributed by atoms with Crippen molar-refractivity contribution in [3.05, 3.63) is 33.6 Å². The third kappa shape index (κ3) is 3.16. The second kappa shape index (κ2) is 5.13. The Hall–Kier alpha value is -1.63. The predicted molar refractivity (Wildman–Crippen MR) is 61.0 cm³/mol. The maximum absolute atomic E-state index is 13.3. The average Bonchev–Trinajstić information content (AvgIpc) is 2.18. The van der Waals surface area contributed by atoms with Gasteiger partial charge in [0.25, 0.3) is 5.69 Å². The number of thioether (sulfide) groups is 1. The monoisotopic (exact) mass is 259 g/mol. The first kappa shape index (κ1) is 13.4. The summed E-state index contributed by atoms with van der Waals surface area (Å²) in [6.07, 6.45) is 0. The second-order valence-corrected chi connectivity index (χ2v) is 5.15. The Balaban J connectivity index is 3.36. The molecule has 0 spiro atoms. The van der Waals surface area contributed by atoms with Crippen molar-refractivity contribution in [1.29, 1.82) is 0 Å². The van der Waals surface area contributed by atoms with E-state index in [1.54, 1.807) is 13.8 Å². The van der Waals surface area contributed by atoms with E-state index in [1.807, 2.05) is 0 Å². The Labute approximate surface area is 101 Å². The van der Waals surface area contributed by atoms with Gasteiger partial charge in [-0.15, -0.1) is 11.8 Å². The summed E-state index contributed by atoms with van der Waals surface area (Å²) in [6, 6.07) is 1.65. The molecule has 1 rings (SSSR count). The molecule has 17 heavy (non-hydrogen) atoms. The zero-order chi connectivity index (χ0) is 13.2. The largest absolute Gasteiger partial charge is 0.478 e. The van der Waals surface area contributed by atoms with Crippen molar-refractivity contribution >= 4 is 23.4 Å². The van der Waals surface area contributed by atoms with Crippen molar-refractivity contribution in [2.75, 3.05) is 0 Å². The van der Waals surface area contributed by atoms with Crippen molar-refractivity contribution in [3.63, 3.8) is 0 Å². The van der Waals surface area contributed by atoms with Crippen molar-refractivity contribution in [1.82, 2.24) is 0 Å². The Bertz CT molecular complexity index is 476. The summed E-state index contributed by atoms with van der Waals surface area (Å²) in [4.78, 5) is 20.9. The summed E-state index contributed by atoms with van der Waals surface area (Å²) in [5.74, 6) is -2.54. The number of nitro benzene ring substituents is 1. The molecule has 0 aromatic heterocycles. The fourth-order valence-electron chi connectivity index (χ4n) is 1.20. The van der Waals surface area contributed by atoms with Gasteiger partial charge < -0.3 is 5.11 Å². The van der Waals surface area contributed by atoms with Gasteiger partial charge in [-0.3, -0.25) is 10.1 Å². The van der Waals surface area contributed by atoms with Gasteiger partial charge in [-0.25, -0.2) is 9.18 Å². The number of carboxylic acids is 1. The van der Waals surface area contributed by atoms with Gasteiger partial charge in [0, 0.05) is 5.25 Å². The number of nitrogens with zero attached hydrogens (tertiary/aromatic N) is 1.